The highest BCUT2D eigenvalue weighted by molar-refractivity contribution is 7.16. The third kappa shape index (κ3) is 5.37. The minimum absolute atomic E-state index is 0.0245. The number of anilines is 1. The lowest BCUT2D eigenvalue weighted by Crippen LogP contribution is -2.60. The molecule has 1 aromatic carbocycles. The lowest BCUT2D eigenvalue weighted by Gasteiger charge is -2.49. The Kier molecular flexibility index (Phi) is 7.50. The third-order valence-corrected chi connectivity index (χ3v) is 7.41. The van der Waals surface area contributed by atoms with Gasteiger partial charge in [0.15, 0.2) is 5.82 Å². The second-order valence-corrected chi connectivity index (χ2v) is 11.8. The summed E-state index contributed by atoms with van der Waals surface area (Å²) >= 11 is 7.38. The van der Waals surface area contributed by atoms with E-state index >= 15 is 0 Å². The number of rotatable bonds is 6. The number of para-hydroxylation sites is 1. The van der Waals surface area contributed by atoms with Crippen LogP contribution in [0.5, 0.6) is 5.75 Å². The second-order valence-electron chi connectivity index (χ2n) is 10.0. The molecule has 3 heterocycles. The summed E-state index contributed by atoms with van der Waals surface area (Å²) in [5, 5.41) is 4.27. The Bertz CT molecular complexity index is 1350. The van der Waals surface area contributed by atoms with Gasteiger partial charge in [-0.1, -0.05) is 44.5 Å². The molecule has 0 saturated carbocycles. The van der Waals surface area contributed by atoms with Crippen molar-refractivity contribution in [2.24, 2.45) is 11.3 Å². The molecule has 8 nitrogen and oxygen atoms in total. The largest absolute Gasteiger partial charge is 0.496 e. The molecule has 0 aliphatic carbocycles. The van der Waals surface area contributed by atoms with Crippen molar-refractivity contribution in [3.05, 3.63) is 57.0 Å². The number of carbonyl (C=O) groups excluding carboxylic acids is 2. The van der Waals surface area contributed by atoms with E-state index in [0.717, 1.165) is 14.5 Å². The first-order valence-corrected chi connectivity index (χ1v) is 12.9. The maximum atomic E-state index is 13.9. The Morgan fingerprint density at radius 1 is 1.18 bits per heavy atom. The molecule has 0 bridgehead atoms. The van der Waals surface area contributed by atoms with Crippen LogP contribution >= 0.6 is 22.9 Å². The van der Waals surface area contributed by atoms with Crippen molar-refractivity contribution in [2.45, 2.75) is 39.5 Å². The van der Waals surface area contributed by atoms with Gasteiger partial charge in [-0.05, 0) is 24.3 Å². The number of amides is 1. The van der Waals surface area contributed by atoms with E-state index in [9.17, 15) is 22.8 Å². The Balaban J connectivity index is 1.81. The third-order valence-electron chi connectivity index (χ3n) is 6.20. The highest BCUT2D eigenvalue weighted by atomic mass is 35.5. The van der Waals surface area contributed by atoms with Crippen LogP contribution in [0.3, 0.4) is 0 Å². The normalized spacial score (nSPS) is 17.8. The quantitative estimate of drug-likeness (QED) is 0.394. The van der Waals surface area contributed by atoms with Crippen LogP contribution in [0.25, 0.3) is 0 Å². The SMILES string of the molecule is COc1ccccc1C(=O)n1nc(C2C(C(F)(F)F)CN2C(=O)C(C)(C)C)nc1N(C)Cc1ccc(Cl)s1. The monoisotopic (exact) mass is 569 g/mol. The average molecular weight is 570 g/mol. The van der Waals surface area contributed by atoms with Crippen molar-refractivity contribution in [1.82, 2.24) is 19.7 Å². The summed E-state index contributed by atoms with van der Waals surface area (Å²) < 4.78 is 48.7. The number of benzene rings is 1. The fourth-order valence-electron chi connectivity index (χ4n) is 4.25. The topological polar surface area (TPSA) is 80.6 Å². The number of nitrogens with zero attached hydrogens (tertiary/aromatic N) is 5. The van der Waals surface area contributed by atoms with Crippen molar-refractivity contribution < 1.29 is 27.5 Å². The van der Waals surface area contributed by atoms with Crippen molar-refractivity contribution in [3.8, 4) is 5.75 Å². The van der Waals surface area contributed by atoms with Crippen LogP contribution < -0.4 is 9.64 Å². The zero-order valence-corrected chi connectivity index (χ0v) is 23.0. The van der Waals surface area contributed by atoms with Gasteiger partial charge in [0.25, 0.3) is 5.91 Å². The molecule has 2 unspecified atom stereocenters. The molecule has 204 valence electrons. The summed E-state index contributed by atoms with van der Waals surface area (Å²) in [6.07, 6.45) is -4.59. The number of alkyl halides is 3. The molecule has 0 spiro atoms. The van der Waals surface area contributed by atoms with Crippen molar-refractivity contribution in [3.63, 3.8) is 0 Å². The Hall–Kier alpha value is -3.12. The van der Waals surface area contributed by atoms with Gasteiger partial charge in [0, 0.05) is 23.9 Å². The summed E-state index contributed by atoms with van der Waals surface area (Å²) in [6, 6.07) is 8.53. The van der Waals surface area contributed by atoms with Crippen LogP contribution in [-0.2, 0) is 11.3 Å². The first-order valence-electron chi connectivity index (χ1n) is 11.7. The van der Waals surface area contributed by atoms with Gasteiger partial charge in [-0.15, -0.1) is 16.4 Å². The zero-order chi connectivity index (χ0) is 28.0. The number of carbonyl (C=O) groups is 2. The van der Waals surface area contributed by atoms with Gasteiger partial charge in [0.2, 0.25) is 11.9 Å². The van der Waals surface area contributed by atoms with Gasteiger partial charge in [0.1, 0.15) is 17.7 Å². The Labute approximate surface area is 227 Å². The van der Waals surface area contributed by atoms with Gasteiger partial charge in [-0.2, -0.15) is 22.8 Å². The molecule has 0 radical (unpaired) electrons. The van der Waals surface area contributed by atoms with Gasteiger partial charge >= 0.3 is 6.18 Å². The maximum Gasteiger partial charge on any atom is 0.395 e. The molecule has 2 aromatic heterocycles. The minimum atomic E-state index is -4.59. The molecule has 38 heavy (non-hydrogen) atoms. The first-order chi connectivity index (χ1) is 17.7. The van der Waals surface area contributed by atoms with E-state index in [0.29, 0.717) is 4.34 Å². The molecule has 1 aliphatic rings. The number of hydrogen-bond acceptors (Lipinski definition) is 7. The van der Waals surface area contributed by atoms with Gasteiger partial charge in [-0.3, -0.25) is 9.59 Å². The molecule has 4 rings (SSSR count). The zero-order valence-electron chi connectivity index (χ0n) is 21.4. The second kappa shape index (κ2) is 10.2. The van der Waals surface area contributed by atoms with Crippen LogP contribution in [0.4, 0.5) is 19.1 Å². The highest BCUT2D eigenvalue weighted by Crippen LogP contribution is 2.48. The van der Waals surface area contributed by atoms with E-state index < -0.39 is 41.9 Å². The molecular weight excluding hydrogens is 543 g/mol. The van der Waals surface area contributed by atoms with E-state index in [-0.39, 0.29) is 29.6 Å². The number of methoxy groups -OCH3 is 1. The number of ether oxygens (including phenoxy) is 1. The van der Waals surface area contributed by atoms with Crippen molar-refractivity contribution in [2.75, 3.05) is 25.6 Å². The molecule has 0 N–H and O–H groups in total. The van der Waals surface area contributed by atoms with Gasteiger partial charge in [0.05, 0.1) is 23.6 Å². The van der Waals surface area contributed by atoms with Gasteiger partial charge in [-0.25, -0.2) is 0 Å². The molecular formula is C25H27ClF3N5O3S. The summed E-state index contributed by atoms with van der Waals surface area (Å²) in [6.45, 7) is 4.67. The first kappa shape index (κ1) is 27.9. The molecule has 1 aliphatic heterocycles. The summed E-state index contributed by atoms with van der Waals surface area (Å²) in [7, 11) is 3.05. The predicted molar refractivity (Wildman–Crippen MR) is 138 cm³/mol. The summed E-state index contributed by atoms with van der Waals surface area (Å²) in [4.78, 5) is 34.6. The summed E-state index contributed by atoms with van der Waals surface area (Å²) in [5.41, 5.74) is -0.758. The molecule has 13 heteroatoms. The predicted octanol–water partition coefficient (Wildman–Crippen LogP) is 5.43. The number of thiophene rings is 1. The van der Waals surface area contributed by atoms with Crippen LogP contribution in [-0.4, -0.2) is 58.4 Å². The van der Waals surface area contributed by atoms with E-state index in [4.69, 9.17) is 16.3 Å². The van der Waals surface area contributed by atoms with Crippen LogP contribution in [0.15, 0.2) is 36.4 Å². The number of likely N-dealkylation sites (tertiary alicyclic amines) is 1. The maximum absolute atomic E-state index is 13.9. The van der Waals surface area contributed by atoms with Crippen LogP contribution in [0, 0.1) is 11.3 Å². The molecule has 1 fully saturated rings. The Morgan fingerprint density at radius 2 is 1.87 bits per heavy atom. The molecule has 1 saturated heterocycles. The standard InChI is InChI=1S/C25H27ClF3N5O3S/c1-24(2,3)22(36)33-13-16(25(27,28)29)19(33)20-30-23(32(4)12-14-10-11-18(26)38-14)34(31-20)21(35)15-8-6-7-9-17(15)37-5/h6-11,16,19H,12-13H2,1-5H3. The molecule has 3 aromatic rings. The van der Waals surface area contributed by atoms with Crippen molar-refractivity contribution >= 4 is 40.7 Å². The van der Waals surface area contributed by atoms with E-state index in [2.05, 4.69) is 10.1 Å². The highest BCUT2D eigenvalue weighted by Gasteiger charge is 2.59. The average Bonchev–Trinajstić information content (AvgIpc) is 3.42. The van der Waals surface area contributed by atoms with E-state index in [1.165, 1.54) is 24.5 Å². The fraction of sp³-hybridized carbons (Fsp3) is 0.440. The van der Waals surface area contributed by atoms with E-state index in [1.807, 2.05) is 6.07 Å². The van der Waals surface area contributed by atoms with E-state index in [1.54, 1.807) is 57.0 Å². The van der Waals surface area contributed by atoms with Crippen LogP contribution in [0.1, 0.15) is 47.9 Å². The number of hydrogen-bond donors (Lipinski definition) is 0. The van der Waals surface area contributed by atoms with Crippen LogP contribution in [0.2, 0.25) is 4.34 Å². The number of aromatic nitrogens is 3. The lowest BCUT2D eigenvalue weighted by molar-refractivity contribution is -0.234. The number of halogens is 4. The van der Waals surface area contributed by atoms with Gasteiger partial charge < -0.3 is 14.5 Å². The lowest BCUT2D eigenvalue weighted by atomic mass is 9.83. The smallest absolute Gasteiger partial charge is 0.395 e. The molecule has 2 atom stereocenters. The summed E-state index contributed by atoms with van der Waals surface area (Å²) in [5.74, 6) is -2.92. The fourth-order valence-corrected chi connectivity index (χ4v) is 5.39. The van der Waals surface area contributed by atoms with Crippen molar-refractivity contribution in [1.29, 1.82) is 0 Å². The Morgan fingerprint density at radius 3 is 2.45 bits per heavy atom. The molecule has 1 amide bonds. The minimum Gasteiger partial charge on any atom is -0.496 e.